The van der Waals surface area contributed by atoms with Crippen LogP contribution in [0.2, 0.25) is 0 Å². The number of hydrogen-bond donors (Lipinski definition) is 2. The number of aryl methyl sites for hydroxylation is 3. The first kappa shape index (κ1) is 19.1. The summed E-state index contributed by atoms with van der Waals surface area (Å²) in [7, 11) is 0. The van der Waals surface area contributed by atoms with Crippen molar-refractivity contribution in [2.75, 3.05) is 41.8 Å². The van der Waals surface area contributed by atoms with Crippen molar-refractivity contribution in [3.8, 4) is 0 Å². The average Bonchev–Trinajstić information content (AvgIpc) is 2.71. The van der Waals surface area contributed by atoms with E-state index >= 15 is 0 Å². The topological polar surface area (TPSA) is 75.2 Å². The van der Waals surface area contributed by atoms with E-state index in [9.17, 15) is 0 Å². The molecule has 0 aliphatic carbocycles. The molecule has 1 aliphatic rings. The van der Waals surface area contributed by atoms with Crippen molar-refractivity contribution < 1.29 is 4.74 Å². The van der Waals surface area contributed by atoms with Gasteiger partial charge in [0.2, 0.25) is 17.8 Å². The Bertz CT molecular complexity index is 1000. The second-order valence-corrected chi connectivity index (χ2v) is 7.30. The van der Waals surface area contributed by atoms with Gasteiger partial charge in [-0.3, -0.25) is 0 Å². The molecule has 1 aliphatic heterocycles. The van der Waals surface area contributed by atoms with Crippen LogP contribution in [-0.2, 0) is 4.74 Å². The van der Waals surface area contributed by atoms with E-state index in [1.165, 1.54) is 16.7 Å². The largest absolute Gasteiger partial charge is 0.378 e. The van der Waals surface area contributed by atoms with E-state index in [4.69, 9.17) is 4.74 Å². The van der Waals surface area contributed by atoms with E-state index in [1.807, 2.05) is 18.2 Å². The maximum absolute atomic E-state index is 5.47. The fourth-order valence-corrected chi connectivity index (χ4v) is 3.18. The summed E-state index contributed by atoms with van der Waals surface area (Å²) in [6, 6.07) is 14.4. The molecule has 0 saturated carbocycles. The van der Waals surface area contributed by atoms with E-state index in [1.54, 1.807) is 0 Å². The maximum Gasteiger partial charge on any atom is 0.233 e. The number of aromatic nitrogens is 3. The predicted octanol–water partition coefficient (Wildman–Crippen LogP) is 4.12. The number of anilines is 5. The molecule has 1 fully saturated rings. The Labute approximate surface area is 171 Å². The van der Waals surface area contributed by atoms with Gasteiger partial charge < -0.3 is 20.3 Å². The molecular formula is C22H26N6O. The highest BCUT2D eigenvalue weighted by molar-refractivity contribution is 5.60. The lowest BCUT2D eigenvalue weighted by Crippen LogP contribution is -2.37. The molecule has 0 amide bonds. The SMILES string of the molecule is Cc1cccc(Nc2nc(Nc3ccc(C)c(C)c3)nc(N3CCOCC3)n2)c1. The quantitative estimate of drug-likeness (QED) is 0.679. The van der Waals surface area contributed by atoms with Gasteiger partial charge in [-0.2, -0.15) is 15.0 Å². The van der Waals surface area contributed by atoms with Crippen LogP contribution in [-0.4, -0.2) is 41.3 Å². The first-order valence-corrected chi connectivity index (χ1v) is 9.83. The van der Waals surface area contributed by atoms with Crippen LogP contribution in [0.1, 0.15) is 16.7 Å². The van der Waals surface area contributed by atoms with Gasteiger partial charge in [-0.05, 0) is 61.7 Å². The van der Waals surface area contributed by atoms with Crippen LogP contribution < -0.4 is 15.5 Å². The van der Waals surface area contributed by atoms with Crippen LogP contribution in [0.4, 0.5) is 29.2 Å². The lowest BCUT2D eigenvalue weighted by molar-refractivity contribution is 0.122. The summed E-state index contributed by atoms with van der Waals surface area (Å²) in [5, 5.41) is 6.64. The van der Waals surface area contributed by atoms with Crippen molar-refractivity contribution in [3.05, 3.63) is 59.2 Å². The molecule has 0 atom stereocenters. The van der Waals surface area contributed by atoms with E-state index < -0.39 is 0 Å². The zero-order chi connectivity index (χ0) is 20.2. The van der Waals surface area contributed by atoms with Gasteiger partial charge in [-0.15, -0.1) is 0 Å². The summed E-state index contributed by atoms with van der Waals surface area (Å²) in [5.74, 6) is 1.67. The van der Waals surface area contributed by atoms with E-state index in [0.717, 1.165) is 24.5 Å². The fourth-order valence-electron chi connectivity index (χ4n) is 3.18. The van der Waals surface area contributed by atoms with Gasteiger partial charge in [0.25, 0.3) is 0 Å². The smallest absolute Gasteiger partial charge is 0.233 e. The summed E-state index contributed by atoms with van der Waals surface area (Å²) in [4.78, 5) is 16.0. The van der Waals surface area contributed by atoms with Gasteiger partial charge in [0, 0.05) is 24.5 Å². The van der Waals surface area contributed by atoms with Gasteiger partial charge in [-0.25, -0.2) is 0 Å². The van der Waals surface area contributed by atoms with Crippen LogP contribution in [0.25, 0.3) is 0 Å². The Morgan fingerprint density at radius 1 is 0.793 bits per heavy atom. The Hall–Kier alpha value is -3.19. The molecule has 0 radical (unpaired) electrons. The van der Waals surface area contributed by atoms with Gasteiger partial charge in [0.05, 0.1) is 13.2 Å². The molecule has 7 nitrogen and oxygen atoms in total. The van der Waals surface area contributed by atoms with Gasteiger partial charge in [0.15, 0.2) is 0 Å². The van der Waals surface area contributed by atoms with Crippen molar-refractivity contribution in [2.45, 2.75) is 20.8 Å². The zero-order valence-corrected chi connectivity index (χ0v) is 17.1. The normalized spacial score (nSPS) is 14.0. The van der Waals surface area contributed by atoms with Crippen LogP contribution >= 0.6 is 0 Å². The lowest BCUT2D eigenvalue weighted by Gasteiger charge is -2.27. The van der Waals surface area contributed by atoms with Crippen LogP contribution in [0.5, 0.6) is 0 Å². The summed E-state index contributed by atoms with van der Waals surface area (Å²) in [6.07, 6.45) is 0. The highest BCUT2D eigenvalue weighted by Crippen LogP contribution is 2.22. The van der Waals surface area contributed by atoms with Crippen LogP contribution in [0, 0.1) is 20.8 Å². The van der Waals surface area contributed by atoms with Gasteiger partial charge in [-0.1, -0.05) is 18.2 Å². The molecule has 1 aromatic heterocycles. The highest BCUT2D eigenvalue weighted by Gasteiger charge is 2.17. The molecule has 3 aromatic rings. The van der Waals surface area contributed by atoms with Crippen molar-refractivity contribution in [2.24, 2.45) is 0 Å². The summed E-state index contributed by atoms with van der Waals surface area (Å²) < 4.78 is 5.47. The molecule has 1 saturated heterocycles. The molecule has 2 N–H and O–H groups in total. The number of benzene rings is 2. The van der Waals surface area contributed by atoms with Gasteiger partial charge in [0.1, 0.15) is 0 Å². The van der Waals surface area contributed by atoms with Gasteiger partial charge >= 0.3 is 0 Å². The molecule has 29 heavy (non-hydrogen) atoms. The van der Waals surface area contributed by atoms with Crippen molar-refractivity contribution in [1.82, 2.24) is 15.0 Å². The van der Waals surface area contributed by atoms with E-state index in [2.05, 4.69) is 75.5 Å². The van der Waals surface area contributed by atoms with Crippen molar-refractivity contribution >= 4 is 29.2 Å². The molecule has 0 unspecified atom stereocenters. The molecule has 0 spiro atoms. The number of rotatable bonds is 5. The summed E-state index contributed by atoms with van der Waals surface area (Å²) in [6.45, 7) is 9.12. The molecule has 4 rings (SSSR count). The van der Waals surface area contributed by atoms with E-state index in [-0.39, 0.29) is 0 Å². The first-order valence-electron chi connectivity index (χ1n) is 9.83. The number of ether oxygens (including phenoxy) is 1. The molecular weight excluding hydrogens is 364 g/mol. The third-order valence-electron chi connectivity index (χ3n) is 4.95. The third-order valence-corrected chi connectivity index (χ3v) is 4.95. The first-order chi connectivity index (χ1) is 14.1. The molecule has 0 bridgehead atoms. The molecule has 2 aromatic carbocycles. The lowest BCUT2D eigenvalue weighted by atomic mass is 10.1. The Morgan fingerprint density at radius 3 is 2.14 bits per heavy atom. The maximum atomic E-state index is 5.47. The summed E-state index contributed by atoms with van der Waals surface area (Å²) in [5.41, 5.74) is 5.54. The third kappa shape index (κ3) is 4.81. The summed E-state index contributed by atoms with van der Waals surface area (Å²) >= 11 is 0. The Morgan fingerprint density at radius 2 is 1.48 bits per heavy atom. The number of nitrogens with zero attached hydrogens (tertiary/aromatic N) is 4. The van der Waals surface area contributed by atoms with E-state index in [0.29, 0.717) is 31.1 Å². The van der Waals surface area contributed by atoms with Crippen molar-refractivity contribution in [1.29, 1.82) is 0 Å². The second-order valence-electron chi connectivity index (χ2n) is 7.30. The van der Waals surface area contributed by atoms with Crippen molar-refractivity contribution in [3.63, 3.8) is 0 Å². The minimum absolute atomic E-state index is 0.512. The zero-order valence-electron chi connectivity index (χ0n) is 17.1. The Balaban J connectivity index is 1.65. The van der Waals surface area contributed by atoms with Crippen LogP contribution in [0.3, 0.4) is 0 Å². The molecule has 150 valence electrons. The molecule has 2 heterocycles. The minimum Gasteiger partial charge on any atom is -0.378 e. The highest BCUT2D eigenvalue weighted by atomic mass is 16.5. The standard InChI is InChI=1S/C22H26N6O/c1-15-5-4-6-18(13-15)23-20-25-21(24-19-8-7-16(2)17(3)14-19)27-22(26-20)28-9-11-29-12-10-28/h4-8,13-14H,9-12H2,1-3H3,(H2,23,24,25,26,27). The minimum atomic E-state index is 0.512. The number of morpholine rings is 1. The fraction of sp³-hybridized carbons (Fsp3) is 0.318. The average molecular weight is 390 g/mol. The predicted molar refractivity (Wildman–Crippen MR) is 117 cm³/mol. The number of nitrogens with one attached hydrogen (secondary N) is 2. The Kier molecular flexibility index (Phi) is 5.57. The monoisotopic (exact) mass is 390 g/mol. The molecule has 7 heteroatoms. The number of hydrogen-bond acceptors (Lipinski definition) is 7. The van der Waals surface area contributed by atoms with Crippen LogP contribution in [0.15, 0.2) is 42.5 Å². The second kappa shape index (κ2) is 8.45.